The van der Waals surface area contributed by atoms with E-state index in [4.69, 9.17) is 0 Å². The van der Waals surface area contributed by atoms with Crippen molar-refractivity contribution < 1.29 is 4.79 Å². The van der Waals surface area contributed by atoms with Crippen LogP contribution in [0.2, 0.25) is 0 Å². The lowest BCUT2D eigenvalue weighted by atomic mass is 9.98. The molecule has 1 atom stereocenters. The van der Waals surface area contributed by atoms with Crippen LogP contribution in [-0.2, 0) is 4.79 Å². The Hall–Kier alpha value is -0.610. The van der Waals surface area contributed by atoms with Crippen molar-refractivity contribution in [3.63, 3.8) is 0 Å². The maximum Gasteiger partial charge on any atom is 0.240 e. The highest BCUT2D eigenvalue weighted by atomic mass is 16.2. The molecule has 1 amide bonds. The summed E-state index contributed by atoms with van der Waals surface area (Å²) < 4.78 is 0. The van der Waals surface area contributed by atoms with Crippen molar-refractivity contribution in [1.29, 1.82) is 0 Å². The van der Waals surface area contributed by atoms with Crippen molar-refractivity contribution in [2.75, 3.05) is 26.2 Å². The minimum absolute atomic E-state index is 0.163. The summed E-state index contributed by atoms with van der Waals surface area (Å²) in [6.45, 7) is 14.5. The molecule has 0 aromatic carbocycles. The summed E-state index contributed by atoms with van der Waals surface area (Å²) in [5, 5.41) is 6.52. The normalized spacial score (nSPS) is 19.1. The first-order chi connectivity index (χ1) is 9.34. The minimum Gasteiger partial charge on any atom is -0.352 e. The molecule has 1 aliphatic heterocycles. The van der Waals surface area contributed by atoms with Crippen LogP contribution in [0.3, 0.4) is 0 Å². The molecule has 118 valence electrons. The predicted molar refractivity (Wildman–Crippen MR) is 84.8 cm³/mol. The maximum atomic E-state index is 12.5. The third-order valence-corrected chi connectivity index (χ3v) is 4.26. The molecule has 0 radical (unpaired) electrons. The second-order valence-electron chi connectivity index (χ2n) is 7.00. The van der Waals surface area contributed by atoms with Crippen LogP contribution in [0.1, 0.15) is 53.9 Å². The number of hydrogen-bond donors (Lipinski definition) is 2. The van der Waals surface area contributed by atoms with E-state index in [0.717, 1.165) is 38.5 Å². The van der Waals surface area contributed by atoms with Gasteiger partial charge in [-0.3, -0.25) is 9.69 Å². The number of amides is 1. The Balaban J connectivity index is 2.39. The van der Waals surface area contributed by atoms with E-state index >= 15 is 0 Å². The molecule has 0 spiro atoms. The van der Waals surface area contributed by atoms with Gasteiger partial charge in [0.2, 0.25) is 5.91 Å². The molecule has 4 heteroatoms. The Morgan fingerprint density at radius 2 is 1.80 bits per heavy atom. The van der Waals surface area contributed by atoms with Gasteiger partial charge in [-0.15, -0.1) is 0 Å². The lowest BCUT2D eigenvalue weighted by Crippen LogP contribution is -2.60. The second kappa shape index (κ2) is 7.99. The number of hydrogen-bond acceptors (Lipinski definition) is 3. The van der Waals surface area contributed by atoms with Gasteiger partial charge in [-0.25, -0.2) is 0 Å². The number of nitrogens with one attached hydrogen (secondary N) is 2. The summed E-state index contributed by atoms with van der Waals surface area (Å²) in [5.41, 5.74) is -0.408. The van der Waals surface area contributed by atoms with Gasteiger partial charge < -0.3 is 10.6 Å². The molecular weight excluding hydrogens is 250 g/mol. The smallest absolute Gasteiger partial charge is 0.240 e. The van der Waals surface area contributed by atoms with Gasteiger partial charge in [0.15, 0.2) is 0 Å². The topological polar surface area (TPSA) is 44.4 Å². The van der Waals surface area contributed by atoms with Crippen molar-refractivity contribution in [1.82, 2.24) is 15.5 Å². The van der Waals surface area contributed by atoms with Gasteiger partial charge in [-0.1, -0.05) is 26.7 Å². The quantitative estimate of drug-likeness (QED) is 0.751. The zero-order chi connectivity index (χ0) is 15.2. The molecule has 1 unspecified atom stereocenters. The highest BCUT2D eigenvalue weighted by Gasteiger charge is 2.35. The van der Waals surface area contributed by atoms with Gasteiger partial charge >= 0.3 is 0 Å². The Bertz CT molecular complexity index is 296. The van der Waals surface area contributed by atoms with Crippen molar-refractivity contribution in [3.8, 4) is 0 Å². The molecule has 0 aliphatic carbocycles. The van der Waals surface area contributed by atoms with Crippen molar-refractivity contribution in [2.45, 2.75) is 65.5 Å². The zero-order valence-corrected chi connectivity index (χ0v) is 14.0. The standard InChI is InChI=1S/C16H33N3O/c1-13(2)7-6-8-14(3)18-15(20)16(4,5)19-11-9-17-10-12-19/h13-14,17H,6-12H2,1-5H3,(H,18,20). The Labute approximate surface area is 124 Å². The van der Waals surface area contributed by atoms with E-state index in [1.165, 1.54) is 12.8 Å². The number of carbonyl (C=O) groups excluding carboxylic acids is 1. The van der Waals surface area contributed by atoms with Crippen LogP contribution in [0.4, 0.5) is 0 Å². The third kappa shape index (κ3) is 5.41. The van der Waals surface area contributed by atoms with E-state index in [1.807, 2.05) is 13.8 Å². The van der Waals surface area contributed by atoms with Crippen molar-refractivity contribution >= 4 is 5.91 Å². The van der Waals surface area contributed by atoms with E-state index in [2.05, 4.69) is 36.3 Å². The number of carbonyl (C=O) groups is 1. The van der Waals surface area contributed by atoms with Crippen LogP contribution < -0.4 is 10.6 Å². The summed E-state index contributed by atoms with van der Waals surface area (Å²) in [4.78, 5) is 14.8. The van der Waals surface area contributed by atoms with Crippen LogP contribution in [-0.4, -0.2) is 48.6 Å². The average molecular weight is 283 g/mol. The van der Waals surface area contributed by atoms with Gasteiger partial charge in [0.1, 0.15) is 0 Å². The first-order valence-corrected chi connectivity index (χ1v) is 8.10. The monoisotopic (exact) mass is 283 g/mol. The number of piperazine rings is 1. The predicted octanol–water partition coefficient (Wildman–Crippen LogP) is 2.00. The van der Waals surface area contributed by atoms with E-state index < -0.39 is 5.54 Å². The number of rotatable bonds is 7. The van der Waals surface area contributed by atoms with E-state index in [0.29, 0.717) is 0 Å². The molecule has 1 fully saturated rings. The lowest BCUT2D eigenvalue weighted by Gasteiger charge is -2.40. The van der Waals surface area contributed by atoms with Crippen LogP contribution in [0.25, 0.3) is 0 Å². The summed E-state index contributed by atoms with van der Waals surface area (Å²) in [7, 11) is 0. The molecule has 20 heavy (non-hydrogen) atoms. The van der Waals surface area contributed by atoms with E-state index in [9.17, 15) is 4.79 Å². The van der Waals surface area contributed by atoms with Gasteiger partial charge in [-0.05, 0) is 33.1 Å². The third-order valence-electron chi connectivity index (χ3n) is 4.26. The first kappa shape index (κ1) is 17.4. The zero-order valence-electron chi connectivity index (χ0n) is 14.0. The average Bonchev–Trinajstić information content (AvgIpc) is 2.39. The SMILES string of the molecule is CC(C)CCCC(C)NC(=O)C(C)(C)N1CCNCC1. The largest absolute Gasteiger partial charge is 0.352 e. The Morgan fingerprint density at radius 3 is 2.35 bits per heavy atom. The van der Waals surface area contributed by atoms with Crippen LogP contribution in [0, 0.1) is 5.92 Å². The van der Waals surface area contributed by atoms with Gasteiger partial charge in [0, 0.05) is 32.2 Å². The highest BCUT2D eigenvalue weighted by Crippen LogP contribution is 2.16. The summed E-state index contributed by atoms with van der Waals surface area (Å²) in [6, 6.07) is 0.267. The molecule has 1 rings (SSSR count). The number of nitrogens with zero attached hydrogens (tertiary/aromatic N) is 1. The molecule has 1 aliphatic rings. The first-order valence-electron chi connectivity index (χ1n) is 8.10. The molecule has 0 aromatic heterocycles. The molecule has 0 saturated carbocycles. The van der Waals surface area contributed by atoms with Crippen LogP contribution in [0.5, 0.6) is 0 Å². The molecular formula is C16H33N3O. The summed E-state index contributed by atoms with van der Waals surface area (Å²) >= 11 is 0. The van der Waals surface area contributed by atoms with Gasteiger partial charge in [0.25, 0.3) is 0 Å². The summed E-state index contributed by atoms with van der Waals surface area (Å²) in [6.07, 6.45) is 3.50. The molecule has 1 saturated heterocycles. The molecule has 0 aromatic rings. The van der Waals surface area contributed by atoms with E-state index in [1.54, 1.807) is 0 Å². The van der Waals surface area contributed by atoms with Gasteiger partial charge in [-0.2, -0.15) is 0 Å². The summed E-state index contributed by atoms with van der Waals surface area (Å²) in [5.74, 6) is 0.909. The minimum atomic E-state index is -0.408. The van der Waals surface area contributed by atoms with Gasteiger partial charge in [0.05, 0.1) is 5.54 Å². The van der Waals surface area contributed by atoms with Crippen molar-refractivity contribution in [3.05, 3.63) is 0 Å². The molecule has 4 nitrogen and oxygen atoms in total. The van der Waals surface area contributed by atoms with Crippen LogP contribution in [0.15, 0.2) is 0 Å². The second-order valence-corrected chi connectivity index (χ2v) is 7.00. The Kier molecular flexibility index (Phi) is 6.96. The highest BCUT2D eigenvalue weighted by molar-refractivity contribution is 5.85. The maximum absolute atomic E-state index is 12.5. The lowest BCUT2D eigenvalue weighted by molar-refractivity contribution is -0.132. The molecule has 0 bridgehead atoms. The fourth-order valence-electron chi connectivity index (χ4n) is 2.67. The van der Waals surface area contributed by atoms with Crippen LogP contribution >= 0.6 is 0 Å². The van der Waals surface area contributed by atoms with Crippen molar-refractivity contribution in [2.24, 2.45) is 5.92 Å². The fraction of sp³-hybridized carbons (Fsp3) is 0.938. The molecule has 1 heterocycles. The fourth-order valence-corrected chi connectivity index (χ4v) is 2.67. The Morgan fingerprint density at radius 1 is 1.20 bits per heavy atom. The molecule has 2 N–H and O–H groups in total. The van der Waals surface area contributed by atoms with E-state index in [-0.39, 0.29) is 11.9 Å².